The predicted octanol–water partition coefficient (Wildman–Crippen LogP) is 4.50. The van der Waals surface area contributed by atoms with Crippen LogP contribution in [0.3, 0.4) is 0 Å². The van der Waals surface area contributed by atoms with E-state index in [1.54, 1.807) is 0 Å². The van der Waals surface area contributed by atoms with Gasteiger partial charge in [-0.05, 0) is 57.9 Å². The predicted molar refractivity (Wildman–Crippen MR) is 91.4 cm³/mol. The van der Waals surface area contributed by atoms with Gasteiger partial charge in [0.2, 0.25) is 0 Å². The van der Waals surface area contributed by atoms with Crippen molar-refractivity contribution >= 4 is 26.7 Å². The zero-order valence-electron chi connectivity index (χ0n) is 11.9. The Bertz CT molecular complexity index is 750. The first-order valence-electron chi connectivity index (χ1n) is 7.04. The van der Waals surface area contributed by atoms with Gasteiger partial charge in [-0.25, -0.2) is 0 Å². The Labute approximate surface area is 133 Å². The molecule has 106 valence electrons. The summed E-state index contributed by atoms with van der Waals surface area (Å²) in [6.45, 7) is 0. The second-order valence-corrected chi connectivity index (χ2v) is 5.91. The van der Waals surface area contributed by atoms with Gasteiger partial charge in [-0.15, -0.1) is 0 Å². The Kier molecular flexibility index (Phi) is 4.32. The van der Waals surface area contributed by atoms with Crippen molar-refractivity contribution in [3.05, 3.63) is 76.5 Å². The zero-order chi connectivity index (χ0) is 14.7. The third-order valence-electron chi connectivity index (χ3n) is 3.77. The number of pyridine rings is 1. The van der Waals surface area contributed by atoms with Crippen LogP contribution in [0.1, 0.15) is 17.3 Å². The first kappa shape index (κ1) is 14.2. The van der Waals surface area contributed by atoms with Crippen LogP contribution in [0.25, 0.3) is 10.8 Å². The van der Waals surface area contributed by atoms with E-state index in [1.807, 2.05) is 25.4 Å². The molecule has 0 aliphatic heterocycles. The van der Waals surface area contributed by atoms with Gasteiger partial charge in [0.25, 0.3) is 0 Å². The minimum Gasteiger partial charge on any atom is -0.311 e. The molecule has 0 amide bonds. The minimum absolute atomic E-state index is 0.186. The topological polar surface area (TPSA) is 24.9 Å². The number of hydrogen-bond acceptors (Lipinski definition) is 2. The molecule has 3 aromatic rings. The minimum atomic E-state index is 0.186. The lowest BCUT2D eigenvalue weighted by Crippen LogP contribution is -2.20. The Hall–Kier alpha value is -1.71. The summed E-state index contributed by atoms with van der Waals surface area (Å²) in [4.78, 5) is 4.52. The molecule has 0 fully saturated rings. The number of hydrogen-bond donors (Lipinski definition) is 1. The van der Waals surface area contributed by atoms with Crippen molar-refractivity contribution in [3.63, 3.8) is 0 Å². The van der Waals surface area contributed by atoms with E-state index in [-0.39, 0.29) is 6.04 Å². The standard InChI is InChI=1S/C18H17BrN2/c1-20-17(18-16(19)10-5-11-21-18)12-14-8-4-7-13-6-2-3-9-15(13)14/h2-11,17,20H,12H2,1H3. The molecule has 21 heavy (non-hydrogen) atoms. The highest BCUT2D eigenvalue weighted by Crippen LogP contribution is 2.27. The number of nitrogens with zero attached hydrogens (tertiary/aromatic N) is 1. The molecule has 1 aromatic heterocycles. The Balaban J connectivity index is 1.98. The number of nitrogens with one attached hydrogen (secondary N) is 1. The lowest BCUT2D eigenvalue weighted by Gasteiger charge is -2.18. The van der Waals surface area contributed by atoms with Crippen molar-refractivity contribution in [1.29, 1.82) is 0 Å². The Morgan fingerprint density at radius 2 is 1.86 bits per heavy atom. The van der Waals surface area contributed by atoms with E-state index in [0.29, 0.717) is 0 Å². The second-order valence-electron chi connectivity index (χ2n) is 5.05. The van der Waals surface area contributed by atoms with Crippen LogP contribution in [-0.2, 0) is 6.42 Å². The van der Waals surface area contributed by atoms with Crippen LogP contribution in [0.2, 0.25) is 0 Å². The van der Waals surface area contributed by atoms with Gasteiger partial charge in [0.1, 0.15) is 0 Å². The van der Waals surface area contributed by atoms with Crippen LogP contribution in [0.15, 0.2) is 65.3 Å². The van der Waals surface area contributed by atoms with Crippen molar-refractivity contribution in [2.75, 3.05) is 7.05 Å². The summed E-state index contributed by atoms with van der Waals surface area (Å²) in [7, 11) is 1.98. The van der Waals surface area contributed by atoms with Gasteiger partial charge >= 0.3 is 0 Å². The highest BCUT2D eigenvalue weighted by Gasteiger charge is 2.15. The molecule has 0 bridgehead atoms. The summed E-state index contributed by atoms with van der Waals surface area (Å²) in [5, 5.41) is 5.97. The van der Waals surface area contributed by atoms with E-state index in [2.05, 4.69) is 68.7 Å². The molecule has 2 aromatic carbocycles. The summed E-state index contributed by atoms with van der Waals surface area (Å²) >= 11 is 3.60. The molecule has 2 nitrogen and oxygen atoms in total. The Morgan fingerprint density at radius 1 is 1.05 bits per heavy atom. The molecule has 1 N–H and O–H groups in total. The molecule has 0 radical (unpaired) electrons. The quantitative estimate of drug-likeness (QED) is 0.756. The molecule has 1 atom stereocenters. The summed E-state index contributed by atoms with van der Waals surface area (Å²) < 4.78 is 1.05. The Morgan fingerprint density at radius 3 is 2.67 bits per heavy atom. The first-order valence-corrected chi connectivity index (χ1v) is 7.83. The van der Waals surface area contributed by atoms with E-state index in [1.165, 1.54) is 16.3 Å². The van der Waals surface area contributed by atoms with E-state index in [4.69, 9.17) is 0 Å². The lowest BCUT2D eigenvalue weighted by molar-refractivity contribution is 0.575. The van der Waals surface area contributed by atoms with Crippen molar-refractivity contribution in [3.8, 4) is 0 Å². The zero-order valence-corrected chi connectivity index (χ0v) is 13.5. The molecule has 0 aliphatic carbocycles. The van der Waals surface area contributed by atoms with Crippen LogP contribution < -0.4 is 5.32 Å². The molecule has 3 rings (SSSR count). The van der Waals surface area contributed by atoms with Gasteiger partial charge in [-0.1, -0.05) is 42.5 Å². The van der Waals surface area contributed by atoms with Crippen LogP contribution in [-0.4, -0.2) is 12.0 Å². The molecule has 0 aliphatic rings. The van der Waals surface area contributed by atoms with Crippen molar-refractivity contribution in [2.24, 2.45) is 0 Å². The van der Waals surface area contributed by atoms with Gasteiger partial charge in [0, 0.05) is 10.7 Å². The van der Waals surface area contributed by atoms with Crippen LogP contribution in [0.4, 0.5) is 0 Å². The molecule has 0 spiro atoms. The van der Waals surface area contributed by atoms with Crippen LogP contribution in [0, 0.1) is 0 Å². The van der Waals surface area contributed by atoms with E-state index >= 15 is 0 Å². The molecule has 3 heteroatoms. The average Bonchev–Trinajstić information content (AvgIpc) is 2.53. The fourth-order valence-corrected chi connectivity index (χ4v) is 3.21. The maximum absolute atomic E-state index is 4.52. The lowest BCUT2D eigenvalue weighted by atomic mass is 9.97. The van der Waals surface area contributed by atoms with Crippen LogP contribution in [0.5, 0.6) is 0 Å². The summed E-state index contributed by atoms with van der Waals surface area (Å²) in [5.41, 5.74) is 2.39. The molecule has 0 saturated heterocycles. The third kappa shape index (κ3) is 2.99. The van der Waals surface area contributed by atoms with Crippen molar-refractivity contribution in [2.45, 2.75) is 12.5 Å². The molecule has 1 unspecified atom stereocenters. The van der Waals surface area contributed by atoms with Crippen molar-refractivity contribution in [1.82, 2.24) is 10.3 Å². The monoisotopic (exact) mass is 340 g/mol. The number of rotatable bonds is 4. The number of benzene rings is 2. The fraction of sp³-hybridized carbons (Fsp3) is 0.167. The molecular weight excluding hydrogens is 324 g/mol. The number of halogens is 1. The number of likely N-dealkylation sites (N-methyl/N-ethyl adjacent to an activating group) is 1. The van der Waals surface area contributed by atoms with Crippen LogP contribution >= 0.6 is 15.9 Å². The van der Waals surface area contributed by atoms with Gasteiger partial charge in [0.15, 0.2) is 0 Å². The van der Waals surface area contributed by atoms with Gasteiger partial charge in [0.05, 0.1) is 11.7 Å². The van der Waals surface area contributed by atoms with Gasteiger partial charge in [-0.3, -0.25) is 4.98 Å². The van der Waals surface area contributed by atoms with Gasteiger partial charge in [-0.2, -0.15) is 0 Å². The average molecular weight is 341 g/mol. The summed E-state index contributed by atoms with van der Waals surface area (Å²) in [5.74, 6) is 0. The van der Waals surface area contributed by atoms with E-state index < -0.39 is 0 Å². The second kappa shape index (κ2) is 6.37. The first-order chi connectivity index (χ1) is 10.3. The fourth-order valence-electron chi connectivity index (χ4n) is 2.68. The smallest absolute Gasteiger partial charge is 0.0718 e. The molecule has 1 heterocycles. The summed E-state index contributed by atoms with van der Waals surface area (Å²) in [6, 6.07) is 19.2. The largest absolute Gasteiger partial charge is 0.311 e. The number of fused-ring (bicyclic) bond motifs is 1. The summed E-state index contributed by atoms with van der Waals surface area (Å²) in [6.07, 6.45) is 2.75. The number of aromatic nitrogens is 1. The normalized spacial score (nSPS) is 12.5. The SMILES string of the molecule is CNC(Cc1cccc2ccccc12)c1ncccc1Br. The van der Waals surface area contributed by atoms with Crippen molar-refractivity contribution < 1.29 is 0 Å². The van der Waals surface area contributed by atoms with E-state index in [0.717, 1.165) is 16.6 Å². The molecular formula is C18H17BrN2. The highest BCUT2D eigenvalue weighted by molar-refractivity contribution is 9.10. The van der Waals surface area contributed by atoms with E-state index in [9.17, 15) is 0 Å². The molecule has 0 saturated carbocycles. The third-order valence-corrected chi connectivity index (χ3v) is 4.44. The van der Waals surface area contributed by atoms with Gasteiger partial charge < -0.3 is 5.32 Å². The maximum atomic E-state index is 4.52. The highest BCUT2D eigenvalue weighted by atomic mass is 79.9. The maximum Gasteiger partial charge on any atom is 0.0718 e.